The topological polar surface area (TPSA) is 155 Å². The van der Waals surface area contributed by atoms with E-state index in [1.165, 1.54) is 31.4 Å². The highest BCUT2D eigenvalue weighted by Gasteiger charge is 2.71. The van der Waals surface area contributed by atoms with Crippen LogP contribution < -0.4 is 10.2 Å². The van der Waals surface area contributed by atoms with Crippen molar-refractivity contribution in [2.75, 3.05) is 19.6 Å². The van der Waals surface area contributed by atoms with Gasteiger partial charge in [0.1, 0.15) is 0 Å². The Hall–Kier alpha value is -4.67. The van der Waals surface area contributed by atoms with Gasteiger partial charge in [-0.3, -0.25) is 24.6 Å². The summed E-state index contributed by atoms with van der Waals surface area (Å²) in [5, 5.41) is 12.1. The van der Waals surface area contributed by atoms with Gasteiger partial charge in [-0.25, -0.2) is 9.78 Å². The van der Waals surface area contributed by atoms with Crippen LogP contribution in [0, 0.1) is 23.7 Å². The molecule has 2 N–H and O–H groups in total. The van der Waals surface area contributed by atoms with Crippen molar-refractivity contribution in [2.45, 2.75) is 30.4 Å². The van der Waals surface area contributed by atoms with Crippen molar-refractivity contribution in [3.63, 3.8) is 0 Å². The highest BCUT2D eigenvalue weighted by atomic mass is 79.9. The molecule has 6 atom stereocenters. The van der Waals surface area contributed by atoms with E-state index in [1.54, 1.807) is 18.2 Å². The number of ether oxygens (including phenoxy) is 2. The summed E-state index contributed by atoms with van der Waals surface area (Å²) in [6.07, 6.45) is -4.02. The number of aromatic hydroxyl groups is 1. The number of benzene rings is 2. The fourth-order valence-electron chi connectivity index (χ4n) is 8.37. The summed E-state index contributed by atoms with van der Waals surface area (Å²) >= 11 is 15.9. The van der Waals surface area contributed by atoms with E-state index >= 15 is 4.79 Å². The lowest BCUT2D eigenvalue weighted by Crippen LogP contribution is -2.53. The fraction of sp³-hybridized carbons (Fsp3) is 0.314. The molecule has 0 radical (unpaired) electrons. The molecule has 7 rings (SSSR count). The Morgan fingerprint density at radius 1 is 1.04 bits per heavy atom. The van der Waals surface area contributed by atoms with E-state index in [0.717, 1.165) is 7.11 Å². The molecule has 0 spiro atoms. The smallest absolute Gasteiger partial charge is 0.423 e. The maximum Gasteiger partial charge on any atom is 0.423 e. The molecule has 2 aliphatic carbocycles. The molecule has 1 saturated carbocycles. The molecule has 4 aliphatic rings. The van der Waals surface area contributed by atoms with Crippen LogP contribution >= 0.6 is 39.1 Å². The molecule has 5 amide bonds. The third-order valence-electron chi connectivity index (χ3n) is 10.5. The zero-order valence-electron chi connectivity index (χ0n) is 27.4. The van der Waals surface area contributed by atoms with Crippen LogP contribution in [0.2, 0.25) is 10.0 Å². The summed E-state index contributed by atoms with van der Waals surface area (Å²) in [4.78, 5) is 74.2. The van der Waals surface area contributed by atoms with Crippen molar-refractivity contribution in [1.82, 2.24) is 14.9 Å². The van der Waals surface area contributed by atoms with Gasteiger partial charge in [-0.1, -0.05) is 62.9 Å². The molecule has 2 aromatic carbocycles. The number of rotatable bonds is 5. The Morgan fingerprint density at radius 2 is 1.74 bits per heavy atom. The van der Waals surface area contributed by atoms with Crippen molar-refractivity contribution >= 4 is 74.7 Å². The minimum absolute atomic E-state index is 0.00469. The van der Waals surface area contributed by atoms with Gasteiger partial charge in [-0.05, 0) is 54.7 Å². The first-order valence-electron chi connectivity index (χ1n) is 15.9. The van der Waals surface area contributed by atoms with Crippen LogP contribution in [-0.2, 0) is 35.5 Å². The van der Waals surface area contributed by atoms with Crippen molar-refractivity contribution in [3.8, 4) is 11.5 Å². The summed E-state index contributed by atoms with van der Waals surface area (Å²) in [7, 11) is 2.34. The van der Waals surface area contributed by atoms with Crippen molar-refractivity contribution in [1.29, 1.82) is 0 Å². The van der Waals surface area contributed by atoms with E-state index in [4.69, 9.17) is 32.7 Å². The number of amides is 5. The molecule has 53 heavy (non-hydrogen) atoms. The molecular formula is C35H26BrCl2F3N4O8. The second-order valence-electron chi connectivity index (χ2n) is 12.9. The number of fused-ring (bicyclic) bond motifs is 4. The van der Waals surface area contributed by atoms with Crippen LogP contribution in [0.1, 0.15) is 35.4 Å². The number of halogens is 6. The normalized spacial score (nSPS) is 26.6. The van der Waals surface area contributed by atoms with Gasteiger partial charge in [0.15, 0.2) is 17.3 Å². The molecule has 2 saturated heterocycles. The lowest BCUT2D eigenvalue weighted by Gasteiger charge is -2.50. The van der Waals surface area contributed by atoms with Crippen LogP contribution in [0.25, 0.3) is 0 Å². The average Bonchev–Trinajstić information content (AvgIpc) is 3.50. The molecule has 18 heteroatoms. The number of carbonyl (C=O) groups excluding carboxylic acids is 5. The molecule has 3 aromatic rings. The first-order chi connectivity index (χ1) is 25.1. The summed E-state index contributed by atoms with van der Waals surface area (Å²) in [5.74, 6) is -9.85. The number of likely N-dealkylation sites (tertiary alicyclic amines) is 1. The number of methoxy groups -OCH3 is 2. The molecule has 0 unspecified atom stereocenters. The van der Waals surface area contributed by atoms with Gasteiger partial charge in [-0.15, -0.1) is 0 Å². The number of hydrogen-bond acceptors (Lipinski definition) is 10. The molecular weight excluding hydrogens is 812 g/mol. The molecule has 276 valence electrons. The summed E-state index contributed by atoms with van der Waals surface area (Å²) in [5.41, 5.74) is 0.262. The Kier molecular flexibility index (Phi) is 9.01. The lowest BCUT2D eigenvalue weighted by atomic mass is 9.49. The Balaban J connectivity index is 1.47. The molecule has 2 aliphatic heterocycles. The number of hydrazine groups is 1. The van der Waals surface area contributed by atoms with Gasteiger partial charge in [0.2, 0.25) is 11.8 Å². The number of nitrogens with one attached hydrogen (secondary N) is 1. The molecule has 12 nitrogen and oxygen atoms in total. The van der Waals surface area contributed by atoms with E-state index < -0.39 is 87.3 Å². The third-order valence-corrected chi connectivity index (χ3v) is 11.5. The number of anilines is 1. The van der Waals surface area contributed by atoms with Gasteiger partial charge in [0.25, 0.3) is 11.8 Å². The molecule has 3 fully saturated rings. The Labute approximate surface area is 316 Å². The largest absolute Gasteiger partial charge is 0.504 e. The number of phenols is 1. The summed E-state index contributed by atoms with van der Waals surface area (Å²) in [6.45, 7) is 0. The lowest BCUT2D eigenvalue weighted by molar-refractivity contribution is -0.140. The SMILES string of the molecule is COC(=O)N1C(=O)[C@H]2[C@H](CC=C3[C@H]2C[C@H]2C(=O)N(Nc4ncc(C(F)(F)F)cc4Cl)C(=O)[C@@]2(c2ccc(Cl)cc2)[C@H]3c2cc(Br)cc(OC)c2O)C1=O. The predicted molar refractivity (Wildman–Crippen MR) is 183 cm³/mol. The van der Waals surface area contributed by atoms with Gasteiger partial charge >= 0.3 is 12.3 Å². The van der Waals surface area contributed by atoms with E-state index in [1.807, 2.05) is 0 Å². The van der Waals surface area contributed by atoms with E-state index in [2.05, 4.69) is 26.3 Å². The Morgan fingerprint density at radius 3 is 2.36 bits per heavy atom. The zero-order chi connectivity index (χ0) is 38.3. The Bertz CT molecular complexity index is 2150. The van der Waals surface area contributed by atoms with Crippen molar-refractivity contribution in [3.05, 3.63) is 91.5 Å². The quantitative estimate of drug-likeness (QED) is 0.211. The highest BCUT2D eigenvalue weighted by molar-refractivity contribution is 9.10. The first-order valence-corrected chi connectivity index (χ1v) is 17.5. The molecule has 0 bridgehead atoms. The second kappa shape index (κ2) is 13.0. The standard InChI is InChI=1S/C35H26BrCl2F3N4O8/c1-52-24-11-16(36)10-21(27(24)46)26-18-7-8-19-25(31(49)44(29(19)47)33(51)53-2)20(18)12-22-30(48)45(32(50)34(22,26)14-3-5-17(37)6-4-14)43-28-23(38)9-15(13-42-28)35(39,40)41/h3-7,9-11,13,19-20,22,25-26,46H,8,12H2,1-2H3,(H,42,43)/t19-,20+,22-,25-,26+,34+/m0/s1. The van der Waals surface area contributed by atoms with Crippen LogP contribution in [0.4, 0.5) is 23.8 Å². The monoisotopic (exact) mass is 836 g/mol. The predicted octanol–water partition coefficient (Wildman–Crippen LogP) is 6.64. The first kappa shape index (κ1) is 36.7. The van der Waals surface area contributed by atoms with Crippen molar-refractivity contribution < 1.29 is 51.7 Å². The average molecular weight is 838 g/mol. The van der Waals surface area contributed by atoms with E-state index in [9.17, 15) is 37.5 Å². The number of pyridine rings is 1. The summed E-state index contributed by atoms with van der Waals surface area (Å²) in [6, 6.07) is 9.72. The van der Waals surface area contributed by atoms with Crippen LogP contribution in [0.15, 0.2) is 64.8 Å². The maximum absolute atomic E-state index is 15.2. The zero-order valence-corrected chi connectivity index (χ0v) is 30.5. The number of aromatic nitrogens is 1. The van der Waals surface area contributed by atoms with E-state index in [-0.39, 0.29) is 35.5 Å². The van der Waals surface area contributed by atoms with Crippen LogP contribution in [0.3, 0.4) is 0 Å². The number of hydrogen-bond donors (Lipinski definition) is 2. The molecule has 1 aromatic heterocycles. The van der Waals surface area contributed by atoms with Gasteiger partial charge in [-0.2, -0.15) is 23.1 Å². The highest BCUT2D eigenvalue weighted by Crippen LogP contribution is 2.65. The number of phenolic OH excluding ortho intramolecular Hbond substituents is 1. The number of allylic oxidation sites excluding steroid dienone is 2. The third kappa shape index (κ3) is 5.47. The van der Waals surface area contributed by atoms with Gasteiger partial charge < -0.3 is 14.6 Å². The molecule has 3 heterocycles. The maximum atomic E-state index is 15.2. The van der Waals surface area contributed by atoms with E-state index in [0.29, 0.717) is 37.2 Å². The van der Waals surface area contributed by atoms with Crippen LogP contribution in [-0.4, -0.2) is 63.9 Å². The number of alkyl halides is 3. The minimum Gasteiger partial charge on any atom is -0.504 e. The minimum atomic E-state index is -4.79. The fourth-order valence-corrected chi connectivity index (χ4v) is 9.16. The second-order valence-corrected chi connectivity index (χ2v) is 14.7. The summed E-state index contributed by atoms with van der Waals surface area (Å²) < 4.78 is 50.9. The number of imide groups is 4. The van der Waals surface area contributed by atoms with Crippen LogP contribution in [0.5, 0.6) is 11.5 Å². The number of nitrogens with zero attached hydrogens (tertiary/aromatic N) is 3. The number of carbonyl (C=O) groups is 5. The van der Waals surface area contributed by atoms with Gasteiger partial charge in [0.05, 0.1) is 48.0 Å². The van der Waals surface area contributed by atoms with Crippen molar-refractivity contribution in [2.24, 2.45) is 23.7 Å². The van der Waals surface area contributed by atoms with Gasteiger partial charge in [0, 0.05) is 27.2 Å².